The van der Waals surface area contributed by atoms with Crippen LogP contribution in [0.2, 0.25) is 0 Å². The molecule has 1 heterocycles. The number of hydrogen-bond acceptors (Lipinski definition) is 4. The molecule has 138 valence electrons. The van der Waals surface area contributed by atoms with E-state index in [1.54, 1.807) is 6.07 Å². The molecule has 0 bridgehead atoms. The molecule has 5 nitrogen and oxygen atoms in total. The maximum absolute atomic E-state index is 11.9. The first-order chi connectivity index (χ1) is 13.1. The van der Waals surface area contributed by atoms with Crippen LogP contribution in [0.5, 0.6) is 0 Å². The third kappa shape index (κ3) is 5.68. The van der Waals surface area contributed by atoms with Crippen molar-refractivity contribution in [3.05, 3.63) is 76.1 Å². The number of para-hydroxylation sites is 1. The number of benzene rings is 2. The van der Waals surface area contributed by atoms with E-state index in [9.17, 15) is 9.59 Å². The van der Waals surface area contributed by atoms with Gasteiger partial charge in [0.2, 0.25) is 0 Å². The molecule has 1 N–H and O–H groups in total. The van der Waals surface area contributed by atoms with Gasteiger partial charge in [-0.05, 0) is 46.9 Å². The van der Waals surface area contributed by atoms with Crippen molar-refractivity contribution in [2.45, 2.75) is 12.8 Å². The largest absolute Gasteiger partial charge is 0.461 e. The number of furan rings is 1. The molecule has 0 saturated heterocycles. The Kier molecular flexibility index (Phi) is 6.64. The summed E-state index contributed by atoms with van der Waals surface area (Å²) in [7, 11) is 0. The summed E-state index contributed by atoms with van der Waals surface area (Å²) in [5, 5.41) is 2.72. The van der Waals surface area contributed by atoms with Crippen molar-refractivity contribution in [3.8, 4) is 11.3 Å². The predicted molar refractivity (Wildman–Crippen MR) is 111 cm³/mol. The molecule has 0 atom stereocenters. The topological polar surface area (TPSA) is 68.5 Å². The Balaban J connectivity index is 1.43. The highest BCUT2D eigenvalue weighted by Gasteiger charge is 2.11. The number of nitrogens with one attached hydrogen (secondary N) is 1. The van der Waals surface area contributed by atoms with Gasteiger partial charge in [0.1, 0.15) is 11.5 Å². The molecule has 0 fully saturated rings. The van der Waals surface area contributed by atoms with Crippen LogP contribution in [0.15, 0.2) is 71.1 Å². The van der Waals surface area contributed by atoms with Gasteiger partial charge in [0, 0.05) is 15.6 Å². The smallest absolute Gasteiger partial charge is 0.306 e. The summed E-state index contributed by atoms with van der Waals surface area (Å²) >= 11 is 2.13. The number of carbonyl (C=O) groups is 2. The van der Waals surface area contributed by atoms with E-state index in [2.05, 4.69) is 27.9 Å². The van der Waals surface area contributed by atoms with Gasteiger partial charge in [0.05, 0.1) is 12.1 Å². The van der Waals surface area contributed by atoms with Crippen LogP contribution in [0.4, 0.5) is 5.69 Å². The third-order valence-corrected chi connectivity index (χ3v) is 4.75. The second-order valence-electron chi connectivity index (χ2n) is 5.82. The SMILES string of the molecule is O=C(COC(=O)CCc1ccc(-c2ccccc2)o1)Nc1ccccc1I. The fourth-order valence-corrected chi connectivity index (χ4v) is 2.98. The van der Waals surface area contributed by atoms with Crippen LogP contribution < -0.4 is 5.32 Å². The summed E-state index contributed by atoms with van der Waals surface area (Å²) in [6.45, 7) is -0.308. The van der Waals surface area contributed by atoms with E-state index in [0.717, 1.165) is 14.9 Å². The maximum atomic E-state index is 11.9. The molecule has 0 radical (unpaired) electrons. The van der Waals surface area contributed by atoms with Gasteiger partial charge in [-0.2, -0.15) is 0 Å². The van der Waals surface area contributed by atoms with Crippen molar-refractivity contribution in [3.63, 3.8) is 0 Å². The van der Waals surface area contributed by atoms with Crippen LogP contribution >= 0.6 is 22.6 Å². The van der Waals surface area contributed by atoms with Gasteiger partial charge < -0.3 is 14.5 Å². The van der Waals surface area contributed by atoms with Crippen molar-refractivity contribution in [1.82, 2.24) is 0 Å². The summed E-state index contributed by atoms with van der Waals surface area (Å²) in [5.41, 5.74) is 1.68. The van der Waals surface area contributed by atoms with E-state index < -0.39 is 5.97 Å². The van der Waals surface area contributed by atoms with Gasteiger partial charge in [-0.25, -0.2) is 0 Å². The van der Waals surface area contributed by atoms with Crippen LogP contribution in [0, 0.1) is 3.57 Å². The normalized spacial score (nSPS) is 10.4. The monoisotopic (exact) mass is 475 g/mol. The Hall–Kier alpha value is -2.61. The van der Waals surface area contributed by atoms with Crippen LogP contribution in [0.3, 0.4) is 0 Å². The van der Waals surface area contributed by atoms with Crippen LogP contribution in [-0.2, 0) is 20.7 Å². The summed E-state index contributed by atoms with van der Waals surface area (Å²) < 4.78 is 11.7. The van der Waals surface area contributed by atoms with Crippen molar-refractivity contribution in [2.24, 2.45) is 0 Å². The van der Waals surface area contributed by atoms with Gasteiger partial charge in [0.25, 0.3) is 5.91 Å². The van der Waals surface area contributed by atoms with Crippen LogP contribution in [-0.4, -0.2) is 18.5 Å². The standard InChI is InChI=1S/C21H18INO4/c22-17-8-4-5-9-18(17)23-20(24)14-26-21(25)13-11-16-10-12-19(27-16)15-6-2-1-3-7-15/h1-10,12H,11,13-14H2,(H,23,24). The molecule has 2 aromatic carbocycles. The minimum atomic E-state index is -0.439. The van der Waals surface area contributed by atoms with Gasteiger partial charge >= 0.3 is 5.97 Å². The summed E-state index contributed by atoms with van der Waals surface area (Å²) in [6, 6.07) is 20.9. The Labute approximate surface area is 170 Å². The molecular formula is C21H18INO4. The minimum absolute atomic E-state index is 0.151. The van der Waals surface area contributed by atoms with Gasteiger partial charge in [-0.15, -0.1) is 0 Å². The predicted octanol–water partition coefficient (Wildman–Crippen LogP) is 4.67. The Morgan fingerprint density at radius 3 is 2.48 bits per heavy atom. The molecule has 1 aromatic heterocycles. The van der Waals surface area contributed by atoms with E-state index in [-0.39, 0.29) is 18.9 Å². The molecule has 3 rings (SSSR count). The first kappa shape index (κ1) is 19.2. The molecule has 0 unspecified atom stereocenters. The molecular weight excluding hydrogens is 457 g/mol. The molecule has 1 amide bonds. The van der Waals surface area contributed by atoms with E-state index in [4.69, 9.17) is 9.15 Å². The van der Waals surface area contributed by atoms with Gasteiger partial charge in [-0.1, -0.05) is 42.5 Å². The lowest BCUT2D eigenvalue weighted by molar-refractivity contribution is -0.147. The molecule has 27 heavy (non-hydrogen) atoms. The number of carbonyl (C=O) groups excluding carboxylic acids is 2. The Morgan fingerprint density at radius 2 is 1.70 bits per heavy atom. The van der Waals surface area contributed by atoms with Gasteiger partial charge in [-0.3, -0.25) is 9.59 Å². The number of aryl methyl sites for hydroxylation is 1. The summed E-state index contributed by atoms with van der Waals surface area (Å²) in [4.78, 5) is 23.8. The molecule has 0 spiro atoms. The highest BCUT2D eigenvalue weighted by molar-refractivity contribution is 14.1. The van der Waals surface area contributed by atoms with Crippen LogP contribution in [0.1, 0.15) is 12.2 Å². The van der Waals surface area contributed by atoms with Gasteiger partial charge in [0.15, 0.2) is 6.61 Å². The second kappa shape index (κ2) is 9.36. The zero-order valence-corrected chi connectivity index (χ0v) is 16.6. The molecule has 0 saturated carbocycles. The number of amides is 1. The highest BCUT2D eigenvalue weighted by atomic mass is 127. The fraction of sp³-hybridized carbons (Fsp3) is 0.143. The first-order valence-corrected chi connectivity index (χ1v) is 9.54. The lowest BCUT2D eigenvalue weighted by Gasteiger charge is -2.07. The number of esters is 1. The van der Waals surface area contributed by atoms with Crippen molar-refractivity contribution in [2.75, 3.05) is 11.9 Å². The zero-order valence-electron chi connectivity index (χ0n) is 14.5. The number of halogens is 1. The van der Waals surface area contributed by atoms with E-state index >= 15 is 0 Å². The Bertz CT molecular complexity index is 921. The fourth-order valence-electron chi connectivity index (χ4n) is 2.46. The van der Waals surface area contributed by atoms with Crippen molar-refractivity contribution in [1.29, 1.82) is 0 Å². The number of ether oxygens (including phenoxy) is 1. The maximum Gasteiger partial charge on any atom is 0.306 e. The Morgan fingerprint density at radius 1 is 0.963 bits per heavy atom. The van der Waals surface area contributed by atoms with Crippen LogP contribution in [0.25, 0.3) is 11.3 Å². The second-order valence-corrected chi connectivity index (χ2v) is 6.98. The average molecular weight is 475 g/mol. The van der Waals surface area contributed by atoms with E-state index in [1.807, 2.05) is 60.7 Å². The molecule has 0 aliphatic carbocycles. The highest BCUT2D eigenvalue weighted by Crippen LogP contribution is 2.22. The lowest BCUT2D eigenvalue weighted by atomic mass is 10.2. The quantitative estimate of drug-likeness (QED) is 0.399. The first-order valence-electron chi connectivity index (χ1n) is 8.46. The summed E-state index contributed by atoms with van der Waals surface area (Å²) in [6.07, 6.45) is 0.571. The average Bonchev–Trinajstić information content (AvgIpc) is 3.16. The summed E-state index contributed by atoms with van der Waals surface area (Å²) in [5.74, 6) is 0.660. The lowest BCUT2D eigenvalue weighted by Crippen LogP contribution is -2.21. The molecule has 6 heteroatoms. The number of anilines is 1. The molecule has 0 aliphatic heterocycles. The van der Waals surface area contributed by atoms with E-state index in [0.29, 0.717) is 17.9 Å². The zero-order chi connectivity index (χ0) is 19.1. The molecule has 3 aromatic rings. The minimum Gasteiger partial charge on any atom is -0.461 e. The number of rotatable bonds is 7. The third-order valence-electron chi connectivity index (χ3n) is 3.81. The molecule has 0 aliphatic rings. The van der Waals surface area contributed by atoms with E-state index in [1.165, 1.54) is 0 Å². The van der Waals surface area contributed by atoms with Crippen molar-refractivity contribution >= 4 is 40.2 Å². The number of hydrogen-bond donors (Lipinski definition) is 1. The van der Waals surface area contributed by atoms with Crippen molar-refractivity contribution < 1.29 is 18.7 Å².